The predicted molar refractivity (Wildman–Crippen MR) is 123 cm³/mol. The summed E-state index contributed by atoms with van der Waals surface area (Å²) in [6.07, 6.45) is 2.52. The summed E-state index contributed by atoms with van der Waals surface area (Å²) >= 11 is 0. The summed E-state index contributed by atoms with van der Waals surface area (Å²) in [5.74, 6) is 2.33. The van der Waals surface area contributed by atoms with Crippen LogP contribution < -0.4 is 10.6 Å². The second-order valence-corrected chi connectivity index (χ2v) is 6.16. The normalized spacial score (nSPS) is 11.1. The summed E-state index contributed by atoms with van der Waals surface area (Å²) in [6.45, 7) is 5.18. The topological polar surface area (TPSA) is 84.8 Å². The van der Waals surface area contributed by atoms with Crippen molar-refractivity contribution < 1.29 is 13.7 Å². The third-order valence-corrected chi connectivity index (χ3v) is 3.94. The van der Waals surface area contributed by atoms with E-state index in [0.717, 1.165) is 48.2 Å². The van der Waals surface area contributed by atoms with Gasteiger partial charge in [0.2, 0.25) is 0 Å². The van der Waals surface area contributed by atoms with E-state index in [9.17, 15) is 0 Å². The lowest BCUT2D eigenvalue weighted by Crippen LogP contribution is -2.38. The van der Waals surface area contributed by atoms with Gasteiger partial charge in [-0.15, -0.1) is 24.0 Å². The molecule has 1 aromatic carbocycles. The van der Waals surface area contributed by atoms with Crippen LogP contribution in [-0.2, 0) is 17.9 Å². The highest BCUT2D eigenvalue weighted by Crippen LogP contribution is 2.19. The second kappa shape index (κ2) is 13.0. The van der Waals surface area contributed by atoms with Crippen LogP contribution in [0.2, 0.25) is 0 Å². The monoisotopic (exact) mass is 510 g/mol. The summed E-state index contributed by atoms with van der Waals surface area (Å²) in [6, 6.07) is 15.6. The number of aliphatic imine (C=N–C) groups is 1. The van der Waals surface area contributed by atoms with Crippen molar-refractivity contribution in [3.05, 3.63) is 66.2 Å². The van der Waals surface area contributed by atoms with Gasteiger partial charge < -0.3 is 24.3 Å². The van der Waals surface area contributed by atoms with Crippen LogP contribution in [0.3, 0.4) is 0 Å². The molecule has 0 unspecified atom stereocenters. The highest BCUT2D eigenvalue weighted by molar-refractivity contribution is 14.0. The van der Waals surface area contributed by atoms with E-state index in [0.29, 0.717) is 19.8 Å². The zero-order valence-corrected chi connectivity index (χ0v) is 18.8. The maximum Gasteiger partial charge on any atom is 0.191 e. The molecule has 2 heterocycles. The lowest BCUT2D eigenvalue weighted by Gasteiger charge is -2.10. The fourth-order valence-electron chi connectivity index (χ4n) is 2.58. The average Bonchev–Trinajstić information content (AvgIpc) is 3.41. The molecule has 3 rings (SSSR count). The number of furan rings is 1. The molecule has 156 valence electrons. The molecule has 0 spiro atoms. The zero-order chi connectivity index (χ0) is 19.4. The highest BCUT2D eigenvalue weighted by Gasteiger charge is 2.06. The van der Waals surface area contributed by atoms with Crippen molar-refractivity contribution in [3.8, 4) is 11.3 Å². The largest absolute Gasteiger partial charge is 0.467 e. The van der Waals surface area contributed by atoms with Crippen LogP contribution in [0.25, 0.3) is 11.3 Å². The molecular weight excluding hydrogens is 483 g/mol. The van der Waals surface area contributed by atoms with Gasteiger partial charge in [-0.1, -0.05) is 35.5 Å². The molecular formula is C21H27IN4O3. The van der Waals surface area contributed by atoms with Crippen LogP contribution in [0.15, 0.2) is 68.7 Å². The van der Waals surface area contributed by atoms with E-state index < -0.39 is 0 Å². The molecule has 0 saturated heterocycles. The average molecular weight is 510 g/mol. The number of nitrogens with one attached hydrogen (secondary N) is 2. The molecule has 2 aromatic heterocycles. The van der Waals surface area contributed by atoms with Crippen LogP contribution in [0.5, 0.6) is 0 Å². The van der Waals surface area contributed by atoms with Gasteiger partial charge in [-0.3, -0.25) is 0 Å². The van der Waals surface area contributed by atoms with Gasteiger partial charge >= 0.3 is 0 Å². The number of halogens is 1. The molecule has 7 nitrogen and oxygen atoms in total. The molecule has 0 bridgehead atoms. The smallest absolute Gasteiger partial charge is 0.191 e. The minimum atomic E-state index is 0. The number of rotatable bonds is 10. The van der Waals surface area contributed by atoms with E-state index >= 15 is 0 Å². The van der Waals surface area contributed by atoms with Crippen molar-refractivity contribution in [2.24, 2.45) is 4.99 Å². The van der Waals surface area contributed by atoms with Crippen molar-refractivity contribution in [1.82, 2.24) is 15.8 Å². The molecule has 0 atom stereocenters. The van der Waals surface area contributed by atoms with Crippen molar-refractivity contribution >= 4 is 29.9 Å². The Kier molecular flexibility index (Phi) is 10.3. The third kappa shape index (κ3) is 7.90. The maximum absolute atomic E-state index is 5.58. The van der Waals surface area contributed by atoms with Crippen molar-refractivity contribution in [1.29, 1.82) is 0 Å². The predicted octanol–water partition coefficient (Wildman–Crippen LogP) is 4.21. The lowest BCUT2D eigenvalue weighted by atomic mass is 10.2. The molecule has 3 aromatic rings. The molecule has 0 radical (unpaired) electrons. The van der Waals surface area contributed by atoms with E-state index in [4.69, 9.17) is 13.7 Å². The fourth-order valence-corrected chi connectivity index (χ4v) is 2.58. The van der Waals surface area contributed by atoms with E-state index in [1.807, 2.05) is 55.5 Å². The number of nitrogens with zero attached hydrogens (tertiary/aromatic N) is 2. The zero-order valence-electron chi connectivity index (χ0n) is 16.5. The maximum atomic E-state index is 5.58. The first-order valence-corrected chi connectivity index (χ1v) is 9.48. The minimum absolute atomic E-state index is 0. The number of aromatic nitrogens is 1. The van der Waals surface area contributed by atoms with E-state index in [1.165, 1.54) is 0 Å². The Balaban J connectivity index is 0.00000300. The first-order chi connectivity index (χ1) is 13.8. The Morgan fingerprint density at radius 1 is 1.14 bits per heavy atom. The van der Waals surface area contributed by atoms with Gasteiger partial charge in [-0.2, -0.15) is 0 Å². The summed E-state index contributed by atoms with van der Waals surface area (Å²) in [4.78, 5) is 4.57. The first kappa shape index (κ1) is 23.0. The summed E-state index contributed by atoms with van der Waals surface area (Å²) in [5.41, 5.74) is 1.79. The molecule has 0 saturated carbocycles. The fraction of sp³-hybridized carbons (Fsp3) is 0.333. The van der Waals surface area contributed by atoms with E-state index in [2.05, 4.69) is 20.8 Å². The summed E-state index contributed by atoms with van der Waals surface area (Å²) in [5, 5.41) is 10.6. The molecule has 0 aliphatic heterocycles. The SMILES string of the molecule is CCNC(=NCc1cc(-c2ccccc2)on1)NCCCOCc1ccco1.I. The Morgan fingerprint density at radius 2 is 2.00 bits per heavy atom. The molecule has 8 heteroatoms. The minimum Gasteiger partial charge on any atom is -0.467 e. The Bertz CT molecular complexity index is 835. The van der Waals surface area contributed by atoms with Gasteiger partial charge in [0.25, 0.3) is 0 Å². The van der Waals surface area contributed by atoms with E-state index in [-0.39, 0.29) is 24.0 Å². The van der Waals surface area contributed by atoms with Crippen LogP contribution in [0.4, 0.5) is 0 Å². The van der Waals surface area contributed by atoms with Gasteiger partial charge in [0, 0.05) is 31.3 Å². The molecule has 0 aliphatic rings. The standard InChI is InChI=1S/C21H26N4O3.HI/c1-2-22-21(23-11-7-12-26-16-19-10-6-13-27-19)24-15-18-14-20(28-25-18)17-8-4-3-5-9-17;/h3-6,8-10,13-14H,2,7,11-12,15-16H2,1H3,(H2,22,23,24);1H. The Labute approximate surface area is 187 Å². The van der Waals surface area contributed by atoms with Crippen molar-refractivity contribution in [2.45, 2.75) is 26.5 Å². The highest BCUT2D eigenvalue weighted by atomic mass is 127. The molecule has 2 N–H and O–H groups in total. The number of ether oxygens (including phenoxy) is 1. The summed E-state index contributed by atoms with van der Waals surface area (Å²) < 4.78 is 16.2. The van der Waals surface area contributed by atoms with E-state index in [1.54, 1.807) is 6.26 Å². The molecule has 0 aliphatic carbocycles. The number of hydrogen-bond donors (Lipinski definition) is 2. The number of benzene rings is 1. The Hall–Kier alpha value is -2.33. The van der Waals surface area contributed by atoms with Gasteiger partial charge in [-0.05, 0) is 25.5 Å². The number of guanidine groups is 1. The lowest BCUT2D eigenvalue weighted by molar-refractivity contribution is 0.105. The third-order valence-electron chi connectivity index (χ3n) is 3.94. The first-order valence-electron chi connectivity index (χ1n) is 9.48. The summed E-state index contributed by atoms with van der Waals surface area (Å²) in [7, 11) is 0. The Morgan fingerprint density at radius 3 is 2.76 bits per heavy atom. The van der Waals surface area contributed by atoms with Crippen LogP contribution in [0.1, 0.15) is 24.8 Å². The molecule has 0 fully saturated rings. The van der Waals surface area contributed by atoms with Gasteiger partial charge in [0.1, 0.15) is 18.1 Å². The molecule has 29 heavy (non-hydrogen) atoms. The van der Waals surface area contributed by atoms with Gasteiger partial charge in [-0.25, -0.2) is 4.99 Å². The van der Waals surface area contributed by atoms with Gasteiger partial charge in [0.05, 0.1) is 12.8 Å². The van der Waals surface area contributed by atoms with Crippen LogP contribution in [-0.4, -0.2) is 30.8 Å². The van der Waals surface area contributed by atoms with Crippen LogP contribution in [0, 0.1) is 0 Å². The van der Waals surface area contributed by atoms with Crippen molar-refractivity contribution in [2.75, 3.05) is 19.7 Å². The van der Waals surface area contributed by atoms with Crippen molar-refractivity contribution in [3.63, 3.8) is 0 Å². The molecule has 0 amide bonds. The second-order valence-electron chi connectivity index (χ2n) is 6.16. The number of hydrogen-bond acceptors (Lipinski definition) is 5. The van der Waals surface area contributed by atoms with Gasteiger partial charge in [0.15, 0.2) is 11.7 Å². The van der Waals surface area contributed by atoms with Crippen LogP contribution >= 0.6 is 24.0 Å². The quantitative estimate of drug-likeness (QED) is 0.184.